The Morgan fingerprint density at radius 1 is 1.13 bits per heavy atom. The van der Waals surface area contributed by atoms with E-state index in [1.807, 2.05) is 32.9 Å². The lowest BCUT2D eigenvalue weighted by molar-refractivity contribution is 0.557. The fraction of sp³-hybridized carbons (Fsp3) is 0.250. The van der Waals surface area contributed by atoms with E-state index in [1.54, 1.807) is 0 Å². The molecule has 0 saturated heterocycles. The SMILES string of the molecule is Cc1ccc2c(C)c(Cl)c(=O)oc2c1C. The minimum Gasteiger partial charge on any atom is -0.421 e. The molecule has 2 aromatic rings. The Bertz CT molecular complexity index is 597. The molecule has 0 unspecified atom stereocenters. The molecule has 0 bridgehead atoms. The average molecular weight is 223 g/mol. The highest BCUT2D eigenvalue weighted by atomic mass is 35.5. The largest absolute Gasteiger partial charge is 0.421 e. The second kappa shape index (κ2) is 3.38. The topological polar surface area (TPSA) is 30.2 Å². The minimum atomic E-state index is -0.463. The van der Waals surface area contributed by atoms with Crippen molar-refractivity contribution >= 4 is 22.6 Å². The normalized spacial score (nSPS) is 10.9. The predicted molar refractivity (Wildman–Crippen MR) is 61.7 cm³/mol. The lowest BCUT2D eigenvalue weighted by atomic mass is 10.0. The van der Waals surface area contributed by atoms with Gasteiger partial charge in [0.2, 0.25) is 0 Å². The van der Waals surface area contributed by atoms with E-state index in [2.05, 4.69) is 0 Å². The maximum atomic E-state index is 11.4. The molecule has 1 aromatic carbocycles. The monoisotopic (exact) mass is 222 g/mol. The highest BCUT2D eigenvalue weighted by molar-refractivity contribution is 6.31. The summed E-state index contributed by atoms with van der Waals surface area (Å²) in [5, 5.41) is 1.08. The van der Waals surface area contributed by atoms with Crippen LogP contribution in [0.15, 0.2) is 21.3 Å². The first-order chi connectivity index (χ1) is 7.02. The van der Waals surface area contributed by atoms with E-state index < -0.39 is 5.63 Å². The van der Waals surface area contributed by atoms with Gasteiger partial charge in [0.25, 0.3) is 0 Å². The van der Waals surface area contributed by atoms with Gasteiger partial charge in [-0.25, -0.2) is 4.79 Å². The number of halogens is 1. The molecule has 15 heavy (non-hydrogen) atoms. The van der Waals surface area contributed by atoms with Crippen molar-refractivity contribution in [1.82, 2.24) is 0 Å². The van der Waals surface area contributed by atoms with E-state index in [0.717, 1.165) is 22.1 Å². The molecule has 0 amide bonds. The van der Waals surface area contributed by atoms with Crippen LogP contribution in [0.5, 0.6) is 0 Å². The van der Waals surface area contributed by atoms with Crippen molar-refractivity contribution in [2.24, 2.45) is 0 Å². The third-order valence-corrected chi connectivity index (χ3v) is 3.22. The predicted octanol–water partition coefficient (Wildman–Crippen LogP) is 3.37. The Labute approximate surface area is 92.5 Å². The van der Waals surface area contributed by atoms with E-state index >= 15 is 0 Å². The summed E-state index contributed by atoms with van der Waals surface area (Å²) in [6, 6.07) is 3.93. The van der Waals surface area contributed by atoms with Gasteiger partial charge in [0.15, 0.2) is 0 Å². The summed E-state index contributed by atoms with van der Waals surface area (Å²) in [7, 11) is 0. The number of rotatable bonds is 0. The van der Waals surface area contributed by atoms with E-state index in [0.29, 0.717) is 5.58 Å². The smallest absolute Gasteiger partial charge is 0.355 e. The molecule has 3 heteroatoms. The van der Waals surface area contributed by atoms with Crippen molar-refractivity contribution in [1.29, 1.82) is 0 Å². The van der Waals surface area contributed by atoms with E-state index in [9.17, 15) is 4.79 Å². The fourth-order valence-electron chi connectivity index (χ4n) is 1.63. The van der Waals surface area contributed by atoms with Crippen LogP contribution in [-0.4, -0.2) is 0 Å². The van der Waals surface area contributed by atoms with Crippen molar-refractivity contribution < 1.29 is 4.42 Å². The maximum absolute atomic E-state index is 11.4. The zero-order valence-corrected chi connectivity index (χ0v) is 9.61. The van der Waals surface area contributed by atoms with Crippen LogP contribution in [0.3, 0.4) is 0 Å². The van der Waals surface area contributed by atoms with E-state index in [1.165, 1.54) is 0 Å². The van der Waals surface area contributed by atoms with Gasteiger partial charge in [-0.2, -0.15) is 0 Å². The molecule has 0 fully saturated rings. The van der Waals surface area contributed by atoms with Crippen molar-refractivity contribution in [2.45, 2.75) is 20.8 Å². The highest BCUT2D eigenvalue weighted by Gasteiger charge is 2.11. The van der Waals surface area contributed by atoms with Crippen LogP contribution in [0.2, 0.25) is 5.02 Å². The summed E-state index contributed by atoms with van der Waals surface area (Å²) in [5.74, 6) is 0. The molecule has 1 heterocycles. The van der Waals surface area contributed by atoms with Gasteiger partial charge in [0, 0.05) is 5.39 Å². The number of hydrogen-bond donors (Lipinski definition) is 0. The van der Waals surface area contributed by atoms with E-state index in [-0.39, 0.29) is 5.02 Å². The van der Waals surface area contributed by atoms with Crippen molar-refractivity contribution in [2.75, 3.05) is 0 Å². The second-order valence-electron chi connectivity index (χ2n) is 3.71. The molecule has 0 aliphatic heterocycles. The van der Waals surface area contributed by atoms with Gasteiger partial charge in [-0.3, -0.25) is 0 Å². The number of hydrogen-bond acceptors (Lipinski definition) is 2. The molecule has 2 rings (SSSR count). The molecule has 0 saturated carbocycles. The Kier molecular flexibility index (Phi) is 2.31. The zero-order chi connectivity index (χ0) is 11.2. The van der Waals surface area contributed by atoms with Gasteiger partial charge in [-0.05, 0) is 37.5 Å². The maximum Gasteiger partial charge on any atom is 0.355 e. The molecular weight excluding hydrogens is 212 g/mol. The van der Waals surface area contributed by atoms with E-state index in [4.69, 9.17) is 16.0 Å². The Morgan fingerprint density at radius 2 is 1.80 bits per heavy atom. The van der Waals surface area contributed by atoms with Crippen molar-refractivity contribution in [3.8, 4) is 0 Å². The van der Waals surface area contributed by atoms with Crippen LogP contribution in [0.4, 0.5) is 0 Å². The third kappa shape index (κ3) is 1.45. The minimum absolute atomic E-state index is 0.172. The fourth-order valence-corrected chi connectivity index (χ4v) is 1.77. The van der Waals surface area contributed by atoms with Crippen LogP contribution >= 0.6 is 11.6 Å². The van der Waals surface area contributed by atoms with Crippen molar-refractivity contribution in [3.63, 3.8) is 0 Å². The summed E-state index contributed by atoms with van der Waals surface area (Å²) < 4.78 is 5.20. The number of benzene rings is 1. The highest BCUT2D eigenvalue weighted by Crippen LogP contribution is 2.26. The molecule has 0 N–H and O–H groups in total. The first-order valence-corrected chi connectivity index (χ1v) is 5.09. The van der Waals surface area contributed by atoms with Crippen LogP contribution in [0, 0.1) is 20.8 Å². The zero-order valence-electron chi connectivity index (χ0n) is 8.85. The summed E-state index contributed by atoms with van der Waals surface area (Å²) in [6.45, 7) is 5.75. The molecule has 0 spiro atoms. The van der Waals surface area contributed by atoms with Gasteiger partial charge in [0.1, 0.15) is 10.6 Å². The quantitative estimate of drug-likeness (QED) is 0.640. The first kappa shape index (κ1) is 10.2. The molecule has 0 aliphatic carbocycles. The van der Waals surface area contributed by atoms with Crippen LogP contribution in [-0.2, 0) is 0 Å². The lowest BCUT2D eigenvalue weighted by Crippen LogP contribution is -2.03. The Balaban J connectivity index is 3.05. The molecule has 2 nitrogen and oxygen atoms in total. The third-order valence-electron chi connectivity index (χ3n) is 2.78. The molecule has 0 atom stereocenters. The lowest BCUT2D eigenvalue weighted by Gasteiger charge is -2.07. The molecule has 0 radical (unpaired) electrons. The summed E-state index contributed by atoms with van der Waals surface area (Å²) in [4.78, 5) is 11.4. The molecule has 78 valence electrons. The summed E-state index contributed by atoms with van der Waals surface area (Å²) >= 11 is 5.84. The molecule has 1 aromatic heterocycles. The first-order valence-electron chi connectivity index (χ1n) is 4.71. The Hall–Kier alpha value is -1.28. The standard InChI is InChI=1S/C12H11ClO2/c1-6-4-5-9-8(3)10(13)12(14)15-11(9)7(6)2/h4-5H,1-3H3. The molecular formula is C12H11ClO2. The van der Waals surface area contributed by atoms with Gasteiger partial charge < -0.3 is 4.42 Å². The van der Waals surface area contributed by atoms with Gasteiger partial charge >= 0.3 is 5.63 Å². The molecule has 0 aliphatic rings. The van der Waals surface area contributed by atoms with Crippen LogP contribution in [0.1, 0.15) is 16.7 Å². The van der Waals surface area contributed by atoms with Crippen LogP contribution < -0.4 is 5.63 Å². The van der Waals surface area contributed by atoms with Crippen molar-refractivity contribution in [3.05, 3.63) is 44.3 Å². The summed E-state index contributed by atoms with van der Waals surface area (Å²) in [6.07, 6.45) is 0. The Morgan fingerprint density at radius 3 is 2.47 bits per heavy atom. The number of fused-ring (bicyclic) bond motifs is 1. The second-order valence-corrected chi connectivity index (χ2v) is 4.09. The average Bonchev–Trinajstić information content (AvgIpc) is 2.21. The van der Waals surface area contributed by atoms with Crippen LogP contribution in [0.25, 0.3) is 11.0 Å². The van der Waals surface area contributed by atoms with Gasteiger partial charge in [-0.1, -0.05) is 23.7 Å². The van der Waals surface area contributed by atoms with Gasteiger partial charge in [-0.15, -0.1) is 0 Å². The summed E-state index contributed by atoms with van der Waals surface area (Å²) in [5.41, 5.74) is 3.06. The number of aryl methyl sites for hydroxylation is 3. The van der Waals surface area contributed by atoms with Gasteiger partial charge in [0.05, 0.1) is 0 Å².